The van der Waals surface area contributed by atoms with Crippen LogP contribution in [0.4, 0.5) is 5.69 Å². The van der Waals surface area contributed by atoms with Gasteiger partial charge in [-0.2, -0.15) is 0 Å². The van der Waals surface area contributed by atoms with Crippen molar-refractivity contribution in [3.05, 3.63) is 100 Å². The Morgan fingerprint density at radius 3 is 2.58 bits per heavy atom. The normalized spacial score (nSPS) is 14.5. The monoisotopic (exact) mass is 476 g/mol. The van der Waals surface area contributed by atoms with Crippen LogP contribution in [0.3, 0.4) is 0 Å². The Morgan fingerprint density at radius 2 is 1.85 bits per heavy atom. The Bertz CT molecular complexity index is 1270. The van der Waals surface area contributed by atoms with Gasteiger partial charge in [0, 0.05) is 10.6 Å². The van der Waals surface area contributed by atoms with E-state index in [4.69, 9.17) is 16.3 Å². The van der Waals surface area contributed by atoms with E-state index >= 15 is 0 Å². The first-order valence-electron chi connectivity index (χ1n) is 10.2. The Balaban J connectivity index is 1.66. The van der Waals surface area contributed by atoms with Crippen molar-refractivity contribution in [3.8, 4) is 5.75 Å². The summed E-state index contributed by atoms with van der Waals surface area (Å²) < 4.78 is 5.47. The molecule has 33 heavy (non-hydrogen) atoms. The van der Waals surface area contributed by atoms with E-state index in [9.17, 15) is 9.59 Å². The molecule has 0 unspecified atom stereocenters. The van der Waals surface area contributed by atoms with Crippen molar-refractivity contribution in [3.63, 3.8) is 0 Å². The molecule has 0 aliphatic carbocycles. The quantitative estimate of drug-likeness (QED) is 0.322. The molecule has 1 aliphatic heterocycles. The van der Waals surface area contributed by atoms with E-state index in [0.29, 0.717) is 32.9 Å². The van der Waals surface area contributed by atoms with Crippen molar-refractivity contribution in [1.82, 2.24) is 0 Å². The molecule has 0 bridgehead atoms. The minimum atomic E-state index is -0.276. The number of thioether (sulfide) groups is 1. The molecular formula is C26H21ClN2O3S. The van der Waals surface area contributed by atoms with E-state index in [0.717, 1.165) is 11.1 Å². The van der Waals surface area contributed by atoms with Gasteiger partial charge < -0.3 is 4.74 Å². The number of hydrogen-bond acceptors (Lipinski definition) is 5. The van der Waals surface area contributed by atoms with Gasteiger partial charge in [-0.3, -0.25) is 9.59 Å². The third kappa shape index (κ3) is 5.18. The first-order valence-corrected chi connectivity index (χ1v) is 11.6. The number of ether oxygens (including phenoxy) is 1. The summed E-state index contributed by atoms with van der Waals surface area (Å²) in [6.45, 7) is 1.99. The van der Waals surface area contributed by atoms with Crippen LogP contribution in [0, 0.1) is 6.92 Å². The average molecular weight is 477 g/mol. The number of carbonyl (C=O) groups is 2. The number of benzene rings is 3. The molecule has 0 saturated heterocycles. The summed E-state index contributed by atoms with van der Waals surface area (Å²) in [4.78, 5) is 32.2. The highest BCUT2D eigenvalue weighted by Gasteiger charge is 2.34. The average Bonchev–Trinajstić information content (AvgIpc) is 3.12. The summed E-state index contributed by atoms with van der Waals surface area (Å²) in [6, 6.07) is 21.8. The van der Waals surface area contributed by atoms with Gasteiger partial charge >= 0.3 is 0 Å². The second-order valence-electron chi connectivity index (χ2n) is 7.37. The lowest BCUT2D eigenvalue weighted by atomic mass is 10.1. The molecular weight excluding hydrogens is 456 g/mol. The molecule has 4 rings (SSSR count). The van der Waals surface area contributed by atoms with E-state index in [2.05, 4.69) is 4.99 Å². The number of ketones is 1. The number of para-hydroxylation sites is 2. The van der Waals surface area contributed by atoms with Gasteiger partial charge in [-0.15, -0.1) is 0 Å². The minimum Gasteiger partial charge on any atom is -0.495 e. The molecule has 0 radical (unpaired) electrons. The maximum atomic E-state index is 13.4. The molecule has 0 saturated carbocycles. The van der Waals surface area contributed by atoms with Gasteiger partial charge in [0.05, 0.1) is 18.6 Å². The zero-order chi connectivity index (χ0) is 23.4. The largest absolute Gasteiger partial charge is 0.495 e. The standard InChI is InChI=1S/C26H21ClN2O3S/c1-17-6-5-7-18(14-17)15-21-25(31)29(22-8-3-4-9-24(22)32-2)26(28-21)33-16-23(30)19-10-12-20(27)13-11-19/h3-15H,16H2,1-2H3. The van der Waals surface area contributed by atoms with Crippen molar-refractivity contribution in [1.29, 1.82) is 0 Å². The zero-order valence-electron chi connectivity index (χ0n) is 18.1. The van der Waals surface area contributed by atoms with Crippen LogP contribution in [0.15, 0.2) is 83.5 Å². The number of anilines is 1. The van der Waals surface area contributed by atoms with Crippen LogP contribution in [0.25, 0.3) is 6.08 Å². The number of amides is 1. The summed E-state index contributed by atoms with van der Waals surface area (Å²) >= 11 is 7.13. The molecule has 1 aliphatic rings. The fourth-order valence-electron chi connectivity index (χ4n) is 3.39. The molecule has 0 aromatic heterocycles. The topological polar surface area (TPSA) is 59.0 Å². The maximum Gasteiger partial charge on any atom is 0.283 e. The van der Waals surface area contributed by atoms with E-state index in [1.807, 2.05) is 43.3 Å². The molecule has 0 spiro atoms. The van der Waals surface area contributed by atoms with Gasteiger partial charge in [0.2, 0.25) is 0 Å². The summed E-state index contributed by atoms with van der Waals surface area (Å²) in [6.07, 6.45) is 1.76. The van der Waals surface area contributed by atoms with Gasteiger partial charge in [0.1, 0.15) is 11.4 Å². The van der Waals surface area contributed by atoms with Gasteiger partial charge in [0.25, 0.3) is 5.91 Å². The first-order chi connectivity index (χ1) is 16.0. The molecule has 1 amide bonds. The smallest absolute Gasteiger partial charge is 0.283 e. The number of aliphatic imine (C=N–C) groups is 1. The number of nitrogens with zero attached hydrogens (tertiary/aromatic N) is 2. The van der Waals surface area contributed by atoms with E-state index in [-0.39, 0.29) is 17.4 Å². The van der Waals surface area contributed by atoms with Gasteiger partial charge in [-0.1, -0.05) is 65.3 Å². The van der Waals surface area contributed by atoms with Crippen molar-refractivity contribution in [2.24, 2.45) is 4.99 Å². The molecule has 3 aromatic carbocycles. The predicted octanol–water partition coefficient (Wildman–Crippen LogP) is 6.02. The van der Waals surface area contributed by atoms with Crippen LogP contribution in [-0.2, 0) is 4.79 Å². The third-order valence-corrected chi connectivity index (χ3v) is 6.19. The summed E-state index contributed by atoms with van der Waals surface area (Å²) in [7, 11) is 1.55. The number of halogens is 1. The molecule has 0 fully saturated rings. The maximum absolute atomic E-state index is 13.4. The lowest BCUT2D eigenvalue weighted by molar-refractivity contribution is -0.113. The Labute approximate surface area is 201 Å². The molecule has 3 aromatic rings. The highest BCUT2D eigenvalue weighted by atomic mass is 35.5. The second kappa shape index (κ2) is 10.1. The zero-order valence-corrected chi connectivity index (χ0v) is 19.7. The summed E-state index contributed by atoms with van der Waals surface area (Å²) in [5.41, 5.74) is 3.39. The number of carbonyl (C=O) groups excluding carboxylic acids is 2. The highest BCUT2D eigenvalue weighted by Crippen LogP contribution is 2.35. The molecule has 0 N–H and O–H groups in total. The van der Waals surface area contributed by atoms with E-state index in [1.165, 1.54) is 16.7 Å². The second-order valence-corrected chi connectivity index (χ2v) is 8.75. The van der Waals surface area contributed by atoms with Crippen LogP contribution in [0.2, 0.25) is 5.02 Å². The molecule has 0 atom stereocenters. The Morgan fingerprint density at radius 1 is 1.09 bits per heavy atom. The van der Waals surface area contributed by atoms with Crippen molar-refractivity contribution in [2.45, 2.75) is 6.92 Å². The first kappa shape index (κ1) is 22.8. The fourth-order valence-corrected chi connectivity index (χ4v) is 4.41. The number of hydrogen-bond donors (Lipinski definition) is 0. The lowest BCUT2D eigenvalue weighted by Crippen LogP contribution is -2.31. The van der Waals surface area contributed by atoms with Gasteiger partial charge in [-0.05, 0) is 55.0 Å². The van der Waals surface area contributed by atoms with Crippen LogP contribution in [0.1, 0.15) is 21.5 Å². The summed E-state index contributed by atoms with van der Waals surface area (Å²) in [5, 5.41) is 0.990. The minimum absolute atomic E-state index is 0.0806. The molecule has 5 nitrogen and oxygen atoms in total. The number of rotatable bonds is 6. The molecule has 7 heteroatoms. The van der Waals surface area contributed by atoms with Crippen LogP contribution in [0.5, 0.6) is 5.75 Å². The number of Topliss-reactive ketones (excluding diaryl/α,β-unsaturated/α-hetero) is 1. The molecule has 166 valence electrons. The Hall–Kier alpha value is -3.35. The number of aryl methyl sites for hydroxylation is 1. The SMILES string of the molecule is COc1ccccc1N1C(=O)C(=Cc2cccc(C)c2)N=C1SCC(=O)c1ccc(Cl)cc1. The summed E-state index contributed by atoms with van der Waals surface area (Å²) in [5.74, 6) is 0.308. The van der Waals surface area contributed by atoms with Gasteiger partial charge in [0.15, 0.2) is 11.0 Å². The number of amidine groups is 1. The fraction of sp³-hybridized carbons (Fsp3) is 0.115. The van der Waals surface area contributed by atoms with Gasteiger partial charge in [-0.25, -0.2) is 9.89 Å². The van der Waals surface area contributed by atoms with E-state index < -0.39 is 0 Å². The predicted molar refractivity (Wildman–Crippen MR) is 135 cm³/mol. The van der Waals surface area contributed by atoms with Crippen LogP contribution < -0.4 is 9.64 Å². The third-order valence-electron chi connectivity index (χ3n) is 5.00. The Kier molecular flexibility index (Phi) is 6.96. The van der Waals surface area contributed by atoms with E-state index in [1.54, 1.807) is 49.6 Å². The molecule has 1 heterocycles. The van der Waals surface area contributed by atoms with Crippen molar-refractivity contribution in [2.75, 3.05) is 17.8 Å². The van der Waals surface area contributed by atoms with Crippen LogP contribution >= 0.6 is 23.4 Å². The number of methoxy groups -OCH3 is 1. The highest BCUT2D eigenvalue weighted by molar-refractivity contribution is 8.14. The lowest BCUT2D eigenvalue weighted by Gasteiger charge is -2.20. The van der Waals surface area contributed by atoms with Crippen molar-refractivity contribution < 1.29 is 14.3 Å². The van der Waals surface area contributed by atoms with Crippen molar-refractivity contribution >= 4 is 52.0 Å². The van der Waals surface area contributed by atoms with Crippen LogP contribution in [-0.4, -0.2) is 29.7 Å².